The largest absolute Gasteiger partial charge is 0.444 e. The Bertz CT molecular complexity index is 1670. The van der Waals surface area contributed by atoms with Crippen LogP contribution in [0.25, 0.3) is 0 Å². The van der Waals surface area contributed by atoms with Gasteiger partial charge in [0.2, 0.25) is 5.91 Å². The van der Waals surface area contributed by atoms with E-state index in [2.05, 4.69) is 46.5 Å². The summed E-state index contributed by atoms with van der Waals surface area (Å²) in [6.45, 7) is 6.30. The van der Waals surface area contributed by atoms with E-state index in [1.165, 1.54) is 11.3 Å². The summed E-state index contributed by atoms with van der Waals surface area (Å²) < 4.78 is 5.51. The highest BCUT2D eigenvalue weighted by Crippen LogP contribution is 2.21. The first kappa shape index (κ1) is 37.9. The van der Waals surface area contributed by atoms with Crippen LogP contribution in [0.5, 0.6) is 0 Å². The number of piperazine rings is 1. The minimum atomic E-state index is -0.654. The molecule has 1 saturated heterocycles. The number of benzene rings is 2. The van der Waals surface area contributed by atoms with Crippen LogP contribution in [-0.2, 0) is 35.5 Å². The summed E-state index contributed by atoms with van der Waals surface area (Å²) in [4.78, 5) is 56.0. The van der Waals surface area contributed by atoms with Crippen LogP contribution in [0.2, 0.25) is 0 Å². The van der Waals surface area contributed by atoms with Gasteiger partial charge in [-0.05, 0) is 43.9 Å². The molecule has 0 bridgehead atoms. The van der Waals surface area contributed by atoms with Gasteiger partial charge in [0.1, 0.15) is 12.6 Å². The lowest BCUT2D eigenvalue weighted by atomic mass is 9.95. The number of urea groups is 1. The van der Waals surface area contributed by atoms with E-state index in [1.54, 1.807) is 39.9 Å². The number of ether oxygens (including phenoxy) is 1. The van der Waals surface area contributed by atoms with Gasteiger partial charge < -0.3 is 30.1 Å². The van der Waals surface area contributed by atoms with Gasteiger partial charge in [-0.1, -0.05) is 74.5 Å². The van der Waals surface area contributed by atoms with Crippen LogP contribution in [0, 0.1) is 0 Å². The fraction of sp³-hybridized carbons (Fsp3) is 0.447. The number of hydrogen-bond acceptors (Lipinski definition) is 9. The second-order valence-corrected chi connectivity index (χ2v) is 15.3. The summed E-state index contributed by atoms with van der Waals surface area (Å²) in [6, 6.07) is 18.8. The molecule has 13 heteroatoms. The van der Waals surface area contributed by atoms with Crippen molar-refractivity contribution in [1.29, 1.82) is 0 Å². The van der Waals surface area contributed by atoms with Crippen LogP contribution in [0.1, 0.15) is 59.3 Å². The molecule has 0 aliphatic carbocycles. The smallest absolute Gasteiger partial charge is 0.407 e. The van der Waals surface area contributed by atoms with Gasteiger partial charge in [-0.15, -0.1) is 22.7 Å². The van der Waals surface area contributed by atoms with Crippen molar-refractivity contribution >= 4 is 40.7 Å². The van der Waals surface area contributed by atoms with E-state index in [4.69, 9.17) is 9.72 Å². The van der Waals surface area contributed by atoms with Crippen LogP contribution in [0.4, 0.5) is 9.59 Å². The molecule has 0 radical (unpaired) electrons. The monoisotopic (exact) mass is 731 g/mol. The molecular formula is C38H49N7O4S2. The Balaban J connectivity index is 1.28. The average molecular weight is 732 g/mol. The second-order valence-electron chi connectivity index (χ2n) is 13.5. The van der Waals surface area contributed by atoms with Crippen molar-refractivity contribution < 1.29 is 19.1 Å². The number of hydrogen-bond donors (Lipinski definition) is 2. The van der Waals surface area contributed by atoms with Crippen LogP contribution in [-0.4, -0.2) is 94.6 Å². The number of carbonyl (C=O) groups is 3. The number of nitrogens with zero attached hydrogens (tertiary/aromatic N) is 5. The molecule has 2 aromatic carbocycles. The highest BCUT2D eigenvalue weighted by molar-refractivity contribution is 7.09. The highest BCUT2D eigenvalue weighted by atomic mass is 32.1. The number of aromatic nitrogens is 2. The topological polar surface area (TPSA) is 120 Å². The second kappa shape index (κ2) is 18.8. The zero-order chi connectivity index (χ0) is 36.2. The van der Waals surface area contributed by atoms with E-state index < -0.39 is 12.1 Å². The molecule has 272 valence electrons. The zero-order valence-electron chi connectivity index (χ0n) is 29.9. The first-order valence-corrected chi connectivity index (χ1v) is 19.2. The zero-order valence-corrected chi connectivity index (χ0v) is 31.5. The Labute approximate surface area is 309 Å². The Hall–Kier alpha value is -4.33. The van der Waals surface area contributed by atoms with Gasteiger partial charge in [0.25, 0.3) is 0 Å². The third kappa shape index (κ3) is 11.6. The summed E-state index contributed by atoms with van der Waals surface area (Å²) in [5.41, 5.74) is 4.75. The van der Waals surface area contributed by atoms with Crippen LogP contribution in [0.15, 0.2) is 77.8 Å². The molecule has 1 aliphatic heterocycles. The summed E-state index contributed by atoms with van der Waals surface area (Å²) in [5, 5.41) is 9.44. The third-order valence-corrected chi connectivity index (χ3v) is 10.9. The van der Waals surface area contributed by atoms with Gasteiger partial charge in [-0.2, -0.15) is 0 Å². The number of nitrogens with one attached hydrogen (secondary N) is 2. The minimum Gasteiger partial charge on any atom is -0.444 e. The van der Waals surface area contributed by atoms with Gasteiger partial charge in [-0.3, -0.25) is 9.78 Å². The van der Waals surface area contributed by atoms with E-state index in [-0.39, 0.29) is 30.6 Å². The Morgan fingerprint density at radius 3 is 2.18 bits per heavy atom. The van der Waals surface area contributed by atoms with Crippen molar-refractivity contribution in [2.24, 2.45) is 0 Å². The summed E-state index contributed by atoms with van der Waals surface area (Å²) in [7, 11) is 3.74. The number of thiazole rings is 2. The van der Waals surface area contributed by atoms with Crippen molar-refractivity contribution in [2.75, 3.05) is 33.7 Å². The molecule has 0 spiro atoms. The fourth-order valence-electron chi connectivity index (χ4n) is 6.17. The molecule has 1 aliphatic rings. The van der Waals surface area contributed by atoms with Crippen LogP contribution >= 0.6 is 22.7 Å². The SMILES string of the molecule is CC(C)c1nc(CN(C)C(=O)N2CCN(C)C[C@H]2C(=O)N[C@H](CC[C@@H](Cc2ccccc2)NC(=O)OCc2cncs2)Cc2ccccc2)cs1. The first-order valence-electron chi connectivity index (χ1n) is 17.5. The van der Waals surface area contributed by atoms with E-state index in [9.17, 15) is 14.4 Å². The average Bonchev–Trinajstić information content (AvgIpc) is 3.83. The van der Waals surface area contributed by atoms with Crippen molar-refractivity contribution in [2.45, 2.75) is 76.7 Å². The summed E-state index contributed by atoms with van der Waals surface area (Å²) in [6.07, 6.45) is 3.63. The number of likely N-dealkylation sites (N-methyl/N-ethyl adjacent to an activating group) is 1. The lowest BCUT2D eigenvalue weighted by Gasteiger charge is -2.41. The molecule has 51 heavy (non-hydrogen) atoms. The molecule has 1 fully saturated rings. The van der Waals surface area contributed by atoms with E-state index in [0.29, 0.717) is 57.8 Å². The van der Waals surface area contributed by atoms with Crippen LogP contribution < -0.4 is 10.6 Å². The van der Waals surface area contributed by atoms with Gasteiger partial charge in [0.15, 0.2) is 0 Å². The molecule has 2 aromatic heterocycles. The highest BCUT2D eigenvalue weighted by Gasteiger charge is 2.36. The number of amides is 4. The Morgan fingerprint density at radius 2 is 1.59 bits per heavy atom. The lowest BCUT2D eigenvalue weighted by Crippen LogP contribution is -2.62. The molecule has 5 rings (SSSR count). The number of alkyl carbamates (subject to hydrolysis) is 1. The van der Waals surface area contributed by atoms with Gasteiger partial charge >= 0.3 is 12.1 Å². The third-order valence-electron chi connectivity index (χ3n) is 8.93. The minimum absolute atomic E-state index is 0.157. The molecule has 2 N–H and O–H groups in total. The molecule has 4 amide bonds. The van der Waals surface area contributed by atoms with Gasteiger partial charge in [0.05, 0.1) is 27.6 Å². The maximum Gasteiger partial charge on any atom is 0.407 e. The molecule has 0 unspecified atom stereocenters. The molecule has 11 nitrogen and oxygen atoms in total. The number of rotatable bonds is 15. The predicted octanol–water partition coefficient (Wildman–Crippen LogP) is 5.94. The van der Waals surface area contributed by atoms with Crippen molar-refractivity contribution in [3.8, 4) is 0 Å². The Morgan fingerprint density at radius 1 is 0.941 bits per heavy atom. The normalized spacial score (nSPS) is 16.0. The fourth-order valence-corrected chi connectivity index (χ4v) is 7.50. The van der Waals surface area contributed by atoms with Crippen LogP contribution in [0.3, 0.4) is 0 Å². The molecule has 4 aromatic rings. The predicted molar refractivity (Wildman–Crippen MR) is 202 cm³/mol. The standard InChI is InChI=1S/C38H49N7O4S2/c1-27(2)36-41-32(25-50-36)22-44(4)38(48)45-18-17-43(3)23-34(45)35(46)40-30(19-28-11-7-5-8-12-28)15-16-31(20-29-13-9-6-10-14-29)42-37(47)49-24-33-21-39-26-51-33/h5-14,21,25-27,30-31,34H,15-20,22-24H2,1-4H3,(H,40,46)(H,42,47)/t30-,31+,34+/m1/s1. The van der Waals surface area contributed by atoms with Gasteiger partial charge in [0, 0.05) is 56.3 Å². The Kier molecular flexibility index (Phi) is 14.0. The van der Waals surface area contributed by atoms with E-state index in [1.807, 2.05) is 61.0 Å². The molecule has 3 atom stereocenters. The number of carbonyl (C=O) groups excluding carboxylic acids is 3. The van der Waals surface area contributed by atoms with Gasteiger partial charge in [-0.25, -0.2) is 14.6 Å². The maximum absolute atomic E-state index is 14.2. The lowest BCUT2D eigenvalue weighted by molar-refractivity contribution is -0.128. The first-order chi connectivity index (χ1) is 24.6. The quantitative estimate of drug-likeness (QED) is 0.156. The summed E-state index contributed by atoms with van der Waals surface area (Å²) in [5.74, 6) is 0.142. The molecule has 0 saturated carbocycles. The van der Waals surface area contributed by atoms with Crippen molar-refractivity contribution in [3.05, 3.63) is 104 Å². The van der Waals surface area contributed by atoms with E-state index in [0.717, 1.165) is 26.7 Å². The van der Waals surface area contributed by atoms with Crippen molar-refractivity contribution in [1.82, 2.24) is 35.3 Å². The maximum atomic E-state index is 14.2. The molecular weight excluding hydrogens is 683 g/mol. The van der Waals surface area contributed by atoms with E-state index >= 15 is 0 Å². The molecule has 3 heterocycles. The summed E-state index contributed by atoms with van der Waals surface area (Å²) >= 11 is 3.04. The van der Waals surface area contributed by atoms with Crippen molar-refractivity contribution in [3.63, 3.8) is 0 Å².